The van der Waals surface area contributed by atoms with Crippen LogP contribution in [0.5, 0.6) is 0 Å². The zero-order valence-electron chi connectivity index (χ0n) is 22.4. The second kappa shape index (κ2) is 10.8. The average molecular weight is 543 g/mol. The lowest BCUT2D eigenvalue weighted by Crippen LogP contribution is -2.54. The minimum absolute atomic E-state index is 0.0788. The molecule has 0 unspecified atom stereocenters. The summed E-state index contributed by atoms with van der Waals surface area (Å²) in [5, 5.41) is 3.66. The molecule has 1 aliphatic carbocycles. The molecule has 204 valence electrons. The first-order chi connectivity index (χ1) is 18.2. The lowest BCUT2D eigenvalue weighted by Gasteiger charge is -2.44. The van der Waals surface area contributed by atoms with E-state index >= 15 is 0 Å². The minimum atomic E-state index is -0.684. The summed E-state index contributed by atoms with van der Waals surface area (Å²) in [7, 11) is 0. The predicted molar refractivity (Wildman–Crippen MR) is 148 cm³/mol. The number of aromatic amines is 1. The van der Waals surface area contributed by atoms with E-state index < -0.39 is 6.17 Å². The van der Waals surface area contributed by atoms with Crippen LogP contribution >= 0.6 is 11.8 Å². The summed E-state index contributed by atoms with van der Waals surface area (Å²) in [6.07, 6.45) is 5.32. The van der Waals surface area contributed by atoms with Gasteiger partial charge in [0, 0.05) is 59.0 Å². The molecule has 9 heteroatoms. The highest BCUT2D eigenvalue weighted by molar-refractivity contribution is 7.98. The first-order valence-corrected chi connectivity index (χ1v) is 14.6. The van der Waals surface area contributed by atoms with Gasteiger partial charge in [-0.1, -0.05) is 0 Å². The van der Waals surface area contributed by atoms with E-state index in [0.29, 0.717) is 47.1 Å². The molecular formula is C29H36F2N4O2S. The topological polar surface area (TPSA) is 70.1 Å². The highest BCUT2D eigenvalue weighted by atomic mass is 32.2. The Kier molecular flexibility index (Phi) is 7.69. The van der Waals surface area contributed by atoms with Crippen molar-refractivity contribution in [1.82, 2.24) is 19.8 Å². The van der Waals surface area contributed by atoms with E-state index in [9.17, 15) is 18.4 Å². The summed E-state index contributed by atoms with van der Waals surface area (Å²) in [5.41, 5.74) is 3.11. The molecule has 2 N–H and O–H groups in total. The van der Waals surface area contributed by atoms with E-state index in [0.717, 1.165) is 42.0 Å². The van der Waals surface area contributed by atoms with Gasteiger partial charge in [-0.05, 0) is 82.9 Å². The standard InChI is InChI=1S/C29H36F2N4O2S/c1-16-11-26(38-4)24(28(36)33-16)13-32-29(37)27-18(3)35(25-12-20(30)7-10-23(25)27)17(2)19-5-8-22(9-6-19)34-14-21(31)15-34/h7,10-12,17,19,21-22H,5-6,8-9,13-15H2,1-4H3,(H,32,37)(H,33,36)/t17-,19?,22?/m1/s1. The number of fused-ring (bicyclic) bond motifs is 1. The Hall–Kier alpha value is -2.65. The van der Waals surface area contributed by atoms with Gasteiger partial charge in [0.05, 0.1) is 11.1 Å². The number of hydrogen-bond donors (Lipinski definition) is 2. The quantitative estimate of drug-likeness (QED) is 0.386. The van der Waals surface area contributed by atoms with Crippen LogP contribution in [0.1, 0.15) is 66.0 Å². The zero-order chi connectivity index (χ0) is 27.1. The number of aromatic nitrogens is 2. The summed E-state index contributed by atoms with van der Waals surface area (Å²) < 4.78 is 29.9. The van der Waals surface area contributed by atoms with Crippen LogP contribution in [0.2, 0.25) is 0 Å². The van der Waals surface area contributed by atoms with Crippen LogP contribution in [-0.4, -0.2) is 51.9 Å². The number of carbonyl (C=O) groups excluding carboxylic acids is 1. The molecule has 3 aromatic rings. The molecule has 2 aliphatic rings. The maximum absolute atomic E-state index is 14.4. The first kappa shape index (κ1) is 26.9. The third-order valence-corrected chi connectivity index (χ3v) is 9.33. The van der Waals surface area contributed by atoms with Crippen LogP contribution in [0.15, 0.2) is 34.0 Å². The van der Waals surface area contributed by atoms with Gasteiger partial charge in [-0.25, -0.2) is 8.78 Å². The average Bonchev–Trinajstić information content (AvgIpc) is 3.16. The molecule has 5 rings (SSSR count). The maximum Gasteiger partial charge on any atom is 0.254 e. The Morgan fingerprint density at radius 1 is 1.18 bits per heavy atom. The number of rotatable bonds is 7. The van der Waals surface area contributed by atoms with Gasteiger partial charge < -0.3 is 14.9 Å². The van der Waals surface area contributed by atoms with E-state index in [1.165, 1.54) is 23.9 Å². The lowest BCUT2D eigenvalue weighted by molar-refractivity contribution is 0.00542. The summed E-state index contributed by atoms with van der Waals surface area (Å²) >= 11 is 1.47. The Labute approximate surface area is 226 Å². The Morgan fingerprint density at radius 2 is 1.89 bits per heavy atom. The van der Waals surface area contributed by atoms with Crippen LogP contribution in [-0.2, 0) is 6.54 Å². The fourth-order valence-electron chi connectivity index (χ4n) is 6.43. The molecule has 1 saturated carbocycles. The number of likely N-dealkylation sites (tertiary alicyclic amines) is 1. The molecular weight excluding hydrogens is 506 g/mol. The molecule has 6 nitrogen and oxygen atoms in total. The maximum atomic E-state index is 14.4. The van der Waals surface area contributed by atoms with Gasteiger partial charge in [-0.15, -0.1) is 11.8 Å². The Morgan fingerprint density at radius 3 is 2.55 bits per heavy atom. The molecule has 1 aromatic carbocycles. The number of hydrogen-bond acceptors (Lipinski definition) is 4. The number of carbonyl (C=O) groups is 1. The molecule has 0 bridgehead atoms. The number of amides is 1. The van der Waals surface area contributed by atoms with E-state index in [-0.39, 0.29) is 29.9 Å². The van der Waals surface area contributed by atoms with Crippen molar-refractivity contribution in [3.05, 3.63) is 63.0 Å². The molecule has 2 fully saturated rings. The van der Waals surface area contributed by atoms with Crippen molar-refractivity contribution in [1.29, 1.82) is 0 Å². The fraction of sp³-hybridized carbons (Fsp3) is 0.517. The summed E-state index contributed by atoms with van der Waals surface area (Å²) in [6.45, 7) is 7.12. The monoisotopic (exact) mass is 542 g/mol. The summed E-state index contributed by atoms with van der Waals surface area (Å²) in [6, 6.07) is 7.01. The van der Waals surface area contributed by atoms with Crippen molar-refractivity contribution in [3.8, 4) is 0 Å². The van der Waals surface area contributed by atoms with Gasteiger partial charge in [0.1, 0.15) is 12.0 Å². The molecule has 1 atom stereocenters. The van der Waals surface area contributed by atoms with Crippen molar-refractivity contribution in [2.24, 2.45) is 5.92 Å². The van der Waals surface area contributed by atoms with Crippen molar-refractivity contribution >= 4 is 28.6 Å². The van der Waals surface area contributed by atoms with Gasteiger partial charge in [0.2, 0.25) is 0 Å². The molecule has 0 spiro atoms. The van der Waals surface area contributed by atoms with Gasteiger partial charge >= 0.3 is 0 Å². The molecule has 1 saturated heterocycles. The van der Waals surface area contributed by atoms with Gasteiger partial charge in [0.25, 0.3) is 11.5 Å². The molecule has 1 aliphatic heterocycles. The van der Waals surface area contributed by atoms with Crippen molar-refractivity contribution in [2.45, 2.75) is 76.2 Å². The number of alkyl halides is 1. The van der Waals surface area contributed by atoms with Crippen molar-refractivity contribution < 1.29 is 13.6 Å². The molecule has 38 heavy (non-hydrogen) atoms. The minimum Gasteiger partial charge on any atom is -0.348 e. The van der Waals surface area contributed by atoms with E-state index in [1.54, 1.807) is 6.07 Å². The fourth-order valence-corrected chi connectivity index (χ4v) is 7.14. The number of nitrogens with zero attached hydrogens (tertiary/aromatic N) is 2. The second-order valence-electron chi connectivity index (χ2n) is 10.9. The normalized spacial score (nSPS) is 21.4. The van der Waals surface area contributed by atoms with Gasteiger partial charge in [-0.3, -0.25) is 14.5 Å². The third kappa shape index (κ3) is 5.02. The number of aryl methyl sites for hydroxylation is 1. The van der Waals surface area contributed by atoms with Crippen molar-refractivity contribution in [2.75, 3.05) is 19.3 Å². The SMILES string of the molecule is CSc1cc(C)[nH]c(=O)c1CNC(=O)c1c(C)n([C@H](C)C2CCC(N3CC(F)C3)CC2)c2cc(F)ccc12. The molecule has 2 aromatic heterocycles. The zero-order valence-corrected chi connectivity index (χ0v) is 23.3. The summed E-state index contributed by atoms with van der Waals surface area (Å²) in [4.78, 5) is 32.0. The predicted octanol–water partition coefficient (Wildman–Crippen LogP) is 5.51. The van der Waals surface area contributed by atoms with E-state index in [1.807, 2.05) is 26.2 Å². The summed E-state index contributed by atoms with van der Waals surface area (Å²) in [5.74, 6) is -0.231. The lowest BCUT2D eigenvalue weighted by atomic mass is 9.80. The molecule has 3 heterocycles. The Balaban J connectivity index is 1.40. The van der Waals surface area contributed by atoms with Gasteiger partial charge in [0.15, 0.2) is 0 Å². The molecule has 0 radical (unpaired) electrons. The van der Waals surface area contributed by atoms with Crippen LogP contribution in [0.3, 0.4) is 0 Å². The number of thioether (sulfide) groups is 1. The van der Waals surface area contributed by atoms with Crippen LogP contribution < -0.4 is 10.9 Å². The number of benzene rings is 1. The number of nitrogens with one attached hydrogen (secondary N) is 2. The largest absolute Gasteiger partial charge is 0.348 e. The smallest absolute Gasteiger partial charge is 0.254 e. The first-order valence-electron chi connectivity index (χ1n) is 13.4. The van der Waals surface area contributed by atoms with Gasteiger partial charge in [-0.2, -0.15) is 0 Å². The Bertz CT molecular complexity index is 1400. The number of H-pyrrole nitrogens is 1. The second-order valence-corrected chi connectivity index (χ2v) is 11.7. The van der Waals surface area contributed by atoms with Crippen molar-refractivity contribution in [3.63, 3.8) is 0 Å². The van der Waals surface area contributed by atoms with E-state index in [2.05, 4.69) is 26.7 Å². The highest BCUT2D eigenvalue weighted by Crippen LogP contribution is 2.39. The highest BCUT2D eigenvalue weighted by Gasteiger charge is 2.36. The molecule has 1 amide bonds. The van der Waals surface area contributed by atoms with Crippen LogP contribution in [0.25, 0.3) is 10.9 Å². The third-order valence-electron chi connectivity index (χ3n) is 8.53. The number of pyridine rings is 1. The van der Waals surface area contributed by atoms with Crippen LogP contribution in [0, 0.1) is 25.6 Å². The van der Waals surface area contributed by atoms with Crippen LogP contribution in [0.4, 0.5) is 8.78 Å². The van der Waals surface area contributed by atoms with E-state index in [4.69, 9.17) is 0 Å². The number of halogens is 2.